The summed E-state index contributed by atoms with van der Waals surface area (Å²) in [4.78, 5) is 36.3. The first-order valence-corrected chi connectivity index (χ1v) is 10.3. The minimum atomic E-state index is -0.468. The van der Waals surface area contributed by atoms with E-state index in [-0.39, 0.29) is 11.9 Å². The van der Waals surface area contributed by atoms with E-state index >= 15 is 0 Å². The van der Waals surface area contributed by atoms with Crippen molar-refractivity contribution in [3.8, 4) is 0 Å². The lowest BCUT2D eigenvalue weighted by Crippen LogP contribution is -2.39. The van der Waals surface area contributed by atoms with Crippen molar-refractivity contribution >= 4 is 23.0 Å². The normalized spacial score (nSPS) is 14.0. The molecular formula is C24H25N3O3. The van der Waals surface area contributed by atoms with Gasteiger partial charge in [-0.05, 0) is 55.2 Å². The molecule has 3 N–H and O–H groups in total. The van der Waals surface area contributed by atoms with Crippen LogP contribution in [0.5, 0.6) is 0 Å². The zero-order valence-corrected chi connectivity index (χ0v) is 17.0. The van der Waals surface area contributed by atoms with Gasteiger partial charge < -0.3 is 16.0 Å². The molecule has 0 saturated heterocycles. The molecule has 4 rings (SSSR count). The molecule has 0 atom stereocenters. The fourth-order valence-corrected chi connectivity index (χ4v) is 3.86. The second kappa shape index (κ2) is 8.53. The smallest absolute Gasteiger partial charge is 0.255 e. The fraction of sp³-hybridized carbons (Fsp3) is 0.292. The Morgan fingerprint density at radius 1 is 0.967 bits per heavy atom. The van der Waals surface area contributed by atoms with Crippen molar-refractivity contribution < 1.29 is 4.79 Å². The van der Waals surface area contributed by atoms with Crippen molar-refractivity contribution in [2.24, 2.45) is 0 Å². The molecule has 0 unspecified atom stereocenters. The van der Waals surface area contributed by atoms with Gasteiger partial charge in [0, 0.05) is 23.8 Å². The number of aryl methyl sites for hydroxylation is 1. The quantitative estimate of drug-likeness (QED) is 0.522. The van der Waals surface area contributed by atoms with Gasteiger partial charge in [-0.25, -0.2) is 0 Å². The number of rotatable bonds is 7. The molecule has 6 heteroatoms. The molecule has 154 valence electrons. The average molecular weight is 403 g/mol. The van der Waals surface area contributed by atoms with Crippen LogP contribution in [-0.2, 0) is 6.54 Å². The van der Waals surface area contributed by atoms with Crippen molar-refractivity contribution in [3.63, 3.8) is 0 Å². The molecule has 6 nitrogen and oxygen atoms in total. The van der Waals surface area contributed by atoms with Gasteiger partial charge in [-0.3, -0.25) is 14.4 Å². The zero-order chi connectivity index (χ0) is 21.1. The average Bonchev–Trinajstić information content (AvgIpc) is 3.26. The highest BCUT2D eigenvalue weighted by atomic mass is 16.2. The van der Waals surface area contributed by atoms with Crippen LogP contribution in [0.2, 0.25) is 0 Å². The lowest BCUT2D eigenvalue weighted by Gasteiger charge is -2.18. The minimum absolute atomic E-state index is 0.175. The summed E-state index contributed by atoms with van der Waals surface area (Å²) in [7, 11) is 0. The highest BCUT2D eigenvalue weighted by molar-refractivity contribution is 6.04. The Balaban J connectivity index is 1.36. The summed E-state index contributed by atoms with van der Waals surface area (Å²) in [6.07, 6.45) is 4.37. The van der Waals surface area contributed by atoms with E-state index in [0.29, 0.717) is 23.5 Å². The monoisotopic (exact) mass is 403 g/mol. The van der Waals surface area contributed by atoms with Gasteiger partial charge in [-0.2, -0.15) is 0 Å². The molecule has 3 aromatic carbocycles. The van der Waals surface area contributed by atoms with Gasteiger partial charge >= 0.3 is 0 Å². The van der Waals surface area contributed by atoms with E-state index in [1.54, 1.807) is 12.1 Å². The highest BCUT2D eigenvalue weighted by Crippen LogP contribution is 2.24. The van der Waals surface area contributed by atoms with E-state index in [4.69, 9.17) is 0 Å². The topological polar surface area (TPSA) is 87.3 Å². The van der Waals surface area contributed by atoms with Crippen LogP contribution >= 0.6 is 0 Å². The molecule has 1 saturated carbocycles. The Bertz CT molecular complexity index is 1120. The molecule has 3 aromatic rings. The summed E-state index contributed by atoms with van der Waals surface area (Å²) in [5.74, 6) is -0.175. The van der Waals surface area contributed by atoms with E-state index in [9.17, 15) is 14.4 Å². The van der Waals surface area contributed by atoms with Crippen LogP contribution in [0.15, 0.2) is 58.1 Å². The second-order valence-electron chi connectivity index (χ2n) is 7.91. The second-order valence-corrected chi connectivity index (χ2v) is 7.91. The molecular weight excluding hydrogens is 378 g/mol. The number of hydrogen-bond acceptors (Lipinski definition) is 5. The number of anilines is 3. The Kier molecular flexibility index (Phi) is 5.65. The van der Waals surface area contributed by atoms with Crippen molar-refractivity contribution in [3.05, 3.63) is 85.7 Å². The fourth-order valence-electron chi connectivity index (χ4n) is 3.86. The molecule has 0 heterocycles. The first-order valence-electron chi connectivity index (χ1n) is 10.3. The van der Waals surface area contributed by atoms with E-state index in [2.05, 4.69) is 16.0 Å². The Hall–Kier alpha value is -3.41. The summed E-state index contributed by atoms with van der Waals surface area (Å²) in [6, 6.07) is 15.1. The number of nitrogens with one attached hydrogen (secondary N) is 3. The standard InChI is InChI=1S/C24H25N3O3/c1-15-5-4-8-19(13-15)27-24(30)17-11-9-16(10-12-17)14-25-20-21(23(29)22(20)28)26-18-6-2-3-7-18/h4-5,8-13,18,25-26H,2-3,6-7,14H2,1H3,(H,27,30). The zero-order valence-electron chi connectivity index (χ0n) is 17.0. The summed E-state index contributed by atoms with van der Waals surface area (Å²) in [6.45, 7) is 2.38. The van der Waals surface area contributed by atoms with Crippen LogP contribution in [0.1, 0.15) is 47.2 Å². The number of carbonyl (C=O) groups is 1. The number of carbonyl (C=O) groups excluding carboxylic acids is 1. The predicted octanol–water partition coefficient (Wildman–Crippen LogP) is 3.81. The highest BCUT2D eigenvalue weighted by Gasteiger charge is 2.24. The van der Waals surface area contributed by atoms with Gasteiger partial charge in [0.15, 0.2) is 0 Å². The van der Waals surface area contributed by atoms with Gasteiger partial charge in [-0.15, -0.1) is 0 Å². The Labute approximate surface area is 175 Å². The van der Waals surface area contributed by atoms with Crippen molar-refractivity contribution in [1.29, 1.82) is 0 Å². The number of amides is 1. The van der Waals surface area contributed by atoms with Crippen LogP contribution in [0.3, 0.4) is 0 Å². The molecule has 0 spiro atoms. The van der Waals surface area contributed by atoms with Gasteiger partial charge in [0.05, 0.1) is 0 Å². The number of hydrogen-bond donors (Lipinski definition) is 3. The third-order valence-electron chi connectivity index (χ3n) is 5.58. The van der Waals surface area contributed by atoms with Crippen LogP contribution in [0.4, 0.5) is 17.1 Å². The van der Waals surface area contributed by atoms with E-state index in [1.165, 1.54) is 0 Å². The molecule has 0 aliphatic heterocycles. The van der Waals surface area contributed by atoms with Crippen molar-refractivity contribution in [1.82, 2.24) is 0 Å². The predicted molar refractivity (Wildman–Crippen MR) is 120 cm³/mol. The lowest BCUT2D eigenvalue weighted by molar-refractivity contribution is 0.102. The van der Waals surface area contributed by atoms with E-state index in [1.807, 2.05) is 43.3 Å². The van der Waals surface area contributed by atoms with Crippen molar-refractivity contribution in [2.75, 3.05) is 16.0 Å². The van der Waals surface area contributed by atoms with Gasteiger partial charge in [0.1, 0.15) is 11.4 Å². The lowest BCUT2D eigenvalue weighted by atomic mass is 10.1. The van der Waals surface area contributed by atoms with Gasteiger partial charge in [0.2, 0.25) is 0 Å². The van der Waals surface area contributed by atoms with Crippen LogP contribution in [-0.4, -0.2) is 11.9 Å². The summed E-state index contributed by atoms with van der Waals surface area (Å²) in [5, 5.41) is 9.19. The number of benzene rings is 2. The van der Waals surface area contributed by atoms with Crippen molar-refractivity contribution in [2.45, 2.75) is 45.2 Å². The summed E-state index contributed by atoms with van der Waals surface area (Å²) < 4.78 is 0. The van der Waals surface area contributed by atoms with E-state index in [0.717, 1.165) is 42.5 Å². The maximum Gasteiger partial charge on any atom is 0.255 e. The Morgan fingerprint density at radius 3 is 2.37 bits per heavy atom. The molecule has 0 radical (unpaired) electrons. The molecule has 1 aliphatic carbocycles. The maximum absolute atomic E-state index is 12.4. The SMILES string of the molecule is Cc1cccc(NC(=O)c2ccc(CNc3c(NC4CCCC4)c(=O)c3=O)cc2)c1. The van der Waals surface area contributed by atoms with Gasteiger partial charge in [-0.1, -0.05) is 37.1 Å². The molecule has 0 aromatic heterocycles. The summed E-state index contributed by atoms with van der Waals surface area (Å²) >= 11 is 0. The molecule has 1 fully saturated rings. The van der Waals surface area contributed by atoms with Crippen LogP contribution in [0.25, 0.3) is 0 Å². The van der Waals surface area contributed by atoms with Crippen LogP contribution < -0.4 is 26.8 Å². The third-order valence-corrected chi connectivity index (χ3v) is 5.58. The van der Waals surface area contributed by atoms with Gasteiger partial charge in [0.25, 0.3) is 16.8 Å². The maximum atomic E-state index is 12.4. The molecule has 1 amide bonds. The summed E-state index contributed by atoms with van der Waals surface area (Å²) in [5.41, 5.74) is 3.19. The molecule has 0 bridgehead atoms. The largest absolute Gasteiger partial charge is 0.377 e. The molecule has 1 aliphatic rings. The van der Waals surface area contributed by atoms with E-state index < -0.39 is 10.9 Å². The first-order chi connectivity index (χ1) is 14.5. The van der Waals surface area contributed by atoms with Crippen LogP contribution in [0, 0.1) is 6.92 Å². The first kappa shape index (κ1) is 19.9. The third kappa shape index (κ3) is 4.27. The Morgan fingerprint density at radius 2 is 1.67 bits per heavy atom. The minimum Gasteiger partial charge on any atom is -0.377 e. The molecule has 30 heavy (non-hydrogen) atoms.